The molecule has 0 saturated carbocycles. The van der Waals surface area contributed by atoms with Gasteiger partial charge < -0.3 is 15.4 Å². The lowest BCUT2D eigenvalue weighted by Gasteiger charge is -2.09. The maximum Gasteiger partial charge on any atom is 0.249 e. The molecule has 1 heterocycles. The van der Waals surface area contributed by atoms with Crippen molar-refractivity contribution in [1.29, 1.82) is 0 Å². The van der Waals surface area contributed by atoms with Gasteiger partial charge >= 0.3 is 0 Å². The minimum absolute atomic E-state index is 0.444. The summed E-state index contributed by atoms with van der Waals surface area (Å²) in [5, 5.41) is 14.4. The molecule has 128 valence electrons. The van der Waals surface area contributed by atoms with Crippen LogP contribution >= 0.6 is 0 Å². The molecule has 0 atom stereocenters. The molecule has 0 spiro atoms. The lowest BCUT2D eigenvalue weighted by Crippen LogP contribution is -2.02. The zero-order valence-electron chi connectivity index (χ0n) is 14.6. The molecule has 6 nitrogen and oxygen atoms in total. The van der Waals surface area contributed by atoms with Crippen molar-refractivity contribution >= 4 is 23.1 Å². The number of aryl methyl sites for hydroxylation is 2. The number of nitrogens with zero attached hydrogens (tertiary/aromatic N) is 3. The Morgan fingerprint density at radius 2 is 1.68 bits per heavy atom. The standard InChI is InChI=1S/C19H21N5O/c1-4-25-17-9-7-15(8-10-17)21-18-12-20-24-19(23-18)22-16-6-5-13(2)14(3)11-16/h5-12H,4H2,1-3H3,(H2,21,22,23,24). The number of anilines is 4. The van der Waals surface area contributed by atoms with Crippen molar-refractivity contribution in [2.45, 2.75) is 20.8 Å². The fourth-order valence-corrected chi connectivity index (χ4v) is 2.31. The molecule has 0 aliphatic heterocycles. The van der Waals surface area contributed by atoms with E-state index in [1.165, 1.54) is 11.1 Å². The van der Waals surface area contributed by atoms with E-state index in [0.717, 1.165) is 17.1 Å². The van der Waals surface area contributed by atoms with Crippen molar-refractivity contribution < 1.29 is 4.74 Å². The maximum atomic E-state index is 5.44. The molecule has 6 heteroatoms. The molecule has 3 rings (SSSR count). The molecule has 0 unspecified atom stereocenters. The van der Waals surface area contributed by atoms with Gasteiger partial charge in [-0.05, 0) is 68.3 Å². The first-order chi connectivity index (χ1) is 12.1. The molecule has 0 bridgehead atoms. The Morgan fingerprint density at radius 3 is 2.40 bits per heavy atom. The summed E-state index contributed by atoms with van der Waals surface area (Å²) in [5.74, 6) is 1.90. The van der Waals surface area contributed by atoms with E-state index in [-0.39, 0.29) is 0 Å². The second-order valence-electron chi connectivity index (χ2n) is 5.67. The Balaban J connectivity index is 1.71. The van der Waals surface area contributed by atoms with Crippen LogP contribution in [-0.4, -0.2) is 21.8 Å². The average Bonchev–Trinajstić information content (AvgIpc) is 2.61. The summed E-state index contributed by atoms with van der Waals surface area (Å²) in [4.78, 5) is 4.45. The fourth-order valence-electron chi connectivity index (χ4n) is 2.31. The highest BCUT2D eigenvalue weighted by atomic mass is 16.5. The largest absolute Gasteiger partial charge is 0.494 e. The Morgan fingerprint density at radius 1 is 0.920 bits per heavy atom. The van der Waals surface area contributed by atoms with Crippen molar-refractivity contribution in [1.82, 2.24) is 15.2 Å². The molecule has 2 N–H and O–H groups in total. The monoisotopic (exact) mass is 335 g/mol. The third-order valence-electron chi connectivity index (χ3n) is 3.76. The van der Waals surface area contributed by atoms with Gasteiger partial charge in [0.2, 0.25) is 5.95 Å². The van der Waals surface area contributed by atoms with Gasteiger partial charge in [-0.15, -0.1) is 5.10 Å². The summed E-state index contributed by atoms with van der Waals surface area (Å²) in [6, 6.07) is 13.8. The van der Waals surface area contributed by atoms with Crippen LogP contribution in [0.1, 0.15) is 18.1 Å². The van der Waals surface area contributed by atoms with E-state index in [1.807, 2.05) is 37.3 Å². The van der Waals surface area contributed by atoms with Gasteiger partial charge in [-0.3, -0.25) is 0 Å². The summed E-state index contributed by atoms with van der Waals surface area (Å²) in [6.07, 6.45) is 1.59. The highest BCUT2D eigenvalue weighted by Crippen LogP contribution is 2.20. The first-order valence-corrected chi connectivity index (χ1v) is 8.18. The minimum atomic E-state index is 0.444. The zero-order chi connectivity index (χ0) is 17.6. The van der Waals surface area contributed by atoms with Crippen LogP contribution in [0.3, 0.4) is 0 Å². The maximum absolute atomic E-state index is 5.44. The van der Waals surface area contributed by atoms with Gasteiger partial charge in [0, 0.05) is 11.4 Å². The van der Waals surface area contributed by atoms with Crippen LogP contribution in [-0.2, 0) is 0 Å². The summed E-state index contributed by atoms with van der Waals surface area (Å²) in [7, 11) is 0. The van der Waals surface area contributed by atoms with Gasteiger partial charge in [0.05, 0.1) is 12.8 Å². The van der Waals surface area contributed by atoms with Crippen molar-refractivity contribution in [3.8, 4) is 5.75 Å². The lowest BCUT2D eigenvalue weighted by atomic mass is 10.1. The van der Waals surface area contributed by atoms with Crippen LogP contribution in [0.2, 0.25) is 0 Å². The van der Waals surface area contributed by atoms with E-state index in [2.05, 4.69) is 51.8 Å². The third kappa shape index (κ3) is 4.44. The minimum Gasteiger partial charge on any atom is -0.494 e. The van der Waals surface area contributed by atoms with Crippen LogP contribution in [0, 0.1) is 13.8 Å². The van der Waals surface area contributed by atoms with Gasteiger partial charge in [0.1, 0.15) is 5.75 Å². The molecule has 0 fully saturated rings. The number of hydrogen-bond acceptors (Lipinski definition) is 6. The predicted octanol–water partition coefficient (Wildman–Crippen LogP) is 4.37. The molecule has 2 aromatic carbocycles. The number of aromatic nitrogens is 3. The van der Waals surface area contributed by atoms with E-state index < -0.39 is 0 Å². The van der Waals surface area contributed by atoms with E-state index in [9.17, 15) is 0 Å². The molecular formula is C19H21N5O. The Labute approximate surface area is 147 Å². The lowest BCUT2D eigenvalue weighted by molar-refractivity contribution is 0.340. The first kappa shape index (κ1) is 16.7. The molecule has 1 aromatic heterocycles. The molecule has 0 aliphatic carbocycles. The van der Waals surface area contributed by atoms with Crippen molar-refractivity contribution in [3.05, 3.63) is 59.8 Å². The van der Waals surface area contributed by atoms with E-state index >= 15 is 0 Å². The van der Waals surface area contributed by atoms with Crippen LogP contribution < -0.4 is 15.4 Å². The van der Waals surface area contributed by atoms with Crippen LogP contribution in [0.15, 0.2) is 48.7 Å². The number of rotatable bonds is 6. The third-order valence-corrected chi connectivity index (χ3v) is 3.76. The molecule has 0 aliphatic rings. The molecule has 0 saturated heterocycles. The number of ether oxygens (including phenoxy) is 1. The Kier molecular flexibility index (Phi) is 5.09. The van der Waals surface area contributed by atoms with E-state index in [4.69, 9.17) is 4.74 Å². The summed E-state index contributed by atoms with van der Waals surface area (Å²) >= 11 is 0. The highest BCUT2D eigenvalue weighted by Gasteiger charge is 2.03. The van der Waals surface area contributed by atoms with Crippen LogP contribution in [0.5, 0.6) is 5.75 Å². The normalized spacial score (nSPS) is 10.4. The van der Waals surface area contributed by atoms with Crippen molar-refractivity contribution in [3.63, 3.8) is 0 Å². The predicted molar refractivity (Wildman–Crippen MR) is 99.9 cm³/mol. The van der Waals surface area contributed by atoms with Gasteiger partial charge in [-0.1, -0.05) is 6.07 Å². The summed E-state index contributed by atoms with van der Waals surface area (Å²) in [5.41, 5.74) is 4.29. The number of hydrogen-bond donors (Lipinski definition) is 2. The van der Waals surface area contributed by atoms with Gasteiger partial charge in [-0.2, -0.15) is 10.1 Å². The zero-order valence-corrected chi connectivity index (χ0v) is 14.6. The van der Waals surface area contributed by atoms with Crippen molar-refractivity contribution in [2.75, 3.05) is 17.2 Å². The second kappa shape index (κ2) is 7.61. The number of nitrogens with one attached hydrogen (secondary N) is 2. The van der Waals surface area contributed by atoms with Gasteiger partial charge in [0.25, 0.3) is 0 Å². The summed E-state index contributed by atoms with van der Waals surface area (Å²) < 4.78 is 5.44. The average molecular weight is 335 g/mol. The van der Waals surface area contributed by atoms with Crippen molar-refractivity contribution in [2.24, 2.45) is 0 Å². The second-order valence-corrected chi connectivity index (χ2v) is 5.67. The van der Waals surface area contributed by atoms with E-state index in [1.54, 1.807) is 6.20 Å². The highest BCUT2D eigenvalue weighted by molar-refractivity contribution is 5.60. The van der Waals surface area contributed by atoms with Gasteiger partial charge in [-0.25, -0.2) is 0 Å². The molecule has 0 radical (unpaired) electrons. The molecule has 25 heavy (non-hydrogen) atoms. The van der Waals surface area contributed by atoms with Gasteiger partial charge in [0.15, 0.2) is 5.82 Å². The first-order valence-electron chi connectivity index (χ1n) is 8.18. The van der Waals surface area contributed by atoms with Crippen LogP contribution in [0.4, 0.5) is 23.1 Å². The topological polar surface area (TPSA) is 72.0 Å². The Hall–Kier alpha value is -3.15. The SMILES string of the molecule is CCOc1ccc(Nc2cnnc(Nc3ccc(C)c(C)c3)n2)cc1. The Bertz CT molecular complexity index is 849. The van der Waals surface area contributed by atoms with E-state index in [0.29, 0.717) is 18.4 Å². The smallest absolute Gasteiger partial charge is 0.249 e. The fraction of sp³-hybridized carbons (Fsp3) is 0.211. The molecule has 0 amide bonds. The number of benzene rings is 2. The molecular weight excluding hydrogens is 314 g/mol. The summed E-state index contributed by atoms with van der Waals surface area (Å²) in [6.45, 7) is 6.76. The quantitative estimate of drug-likeness (QED) is 0.697. The van der Waals surface area contributed by atoms with Crippen LogP contribution in [0.25, 0.3) is 0 Å². The molecule has 3 aromatic rings.